The summed E-state index contributed by atoms with van der Waals surface area (Å²) in [6.07, 6.45) is 6.17. The number of nitrogens with zero attached hydrogens (tertiary/aromatic N) is 3. The Labute approximate surface area is 179 Å². The second-order valence-corrected chi connectivity index (χ2v) is 7.55. The van der Waals surface area contributed by atoms with Crippen LogP contribution in [-0.4, -0.2) is 40.4 Å². The molecule has 1 atom stereocenters. The average molecular weight is 417 g/mol. The lowest BCUT2D eigenvalue weighted by Gasteiger charge is -2.21. The lowest BCUT2D eigenvalue weighted by Crippen LogP contribution is -2.28. The van der Waals surface area contributed by atoms with Gasteiger partial charge in [-0.1, -0.05) is 12.1 Å². The number of H-pyrrole nitrogens is 1. The van der Waals surface area contributed by atoms with E-state index in [-0.39, 0.29) is 11.5 Å². The van der Waals surface area contributed by atoms with E-state index in [4.69, 9.17) is 10.00 Å². The number of pyridine rings is 1. The van der Waals surface area contributed by atoms with Crippen LogP contribution in [0.5, 0.6) is 0 Å². The van der Waals surface area contributed by atoms with Crippen molar-refractivity contribution in [3.05, 3.63) is 70.3 Å². The highest BCUT2D eigenvalue weighted by atomic mass is 16.5. The SMILES string of the molecule is N#Cc1ccc(-c2c[nH]n(-c3ccc(C(=O)NCCC4CCCOC4)cn3)c2=O)cc1. The Balaban J connectivity index is 1.41. The largest absolute Gasteiger partial charge is 0.381 e. The number of nitrogens with one attached hydrogen (secondary N) is 2. The number of benzene rings is 1. The fourth-order valence-corrected chi connectivity index (χ4v) is 3.65. The fraction of sp³-hybridized carbons (Fsp3) is 0.304. The van der Waals surface area contributed by atoms with Gasteiger partial charge in [0.25, 0.3) is 11.5 Å². The molecule has 4 rings (SSSR count). The van der Waals surface area contributed by atoms with Crippen molar-refractivity contribution in [3.63, 3.8) is 0 Å². The molecule has 1 aliphatic heterocycles. The monoisotopic (exact) mass is 417 g/mol. The number of hydrogen-bond acceptors (Lipinski definition) is 5. The van der Waals surface area contributed by atoms with Crippen molar-refractivity contribution >= 4 is 5.91 Å². The first kappa shape index (κ1) is 20.6. The third kappa shape index (κ3) is 4.73. The molecule has 8 nitrogen and oxygen atoms in total. The minimum absolute atomic E-state index is 0.187. The van der Waals surface area contributed by atoms with Gasteiger partial charge in [0.2, 0.25) is 0 Å². The number of hydrogen-bond donors (Lipinski definition) is 2. The lowest BCUT2D eigenvalue weighted by molar-refractivity contribution is 0.0514. The molecule has 158 valence electrons. The number of aromatic nitrogens is 3. The summed E-state index contributed by atoms with van der Waals surface area (Å²) in [7, 11) is 0. The van der Waals surface area contributed by atoms with Crippen molar-refractivity contribution in [1.29, 1.82) is 5.26 Å². The first-order valence-corrected chi connectivity index (χ1v) is 10.3. The Morgan fingerprint density at radius 1 is 1.29 bits per heavy atom. The molecule has 0 bridgehead atoms. The zero-order valence-corrected chi connectivity index (χ0v) is 17.0. The van der Waals surface area contributed by atoms with Gasteiger partial charge in [-0.3, -0.25) is 14.7 Å². The maximum Gasteiger partial charge on any atom is 0.280 e. The second kappa shape index (κ2) is 9.41. The van der Waals surface area contributed by atoms with Crippen LogP contribution in [0.1, 0.15) is 35.2 Å². The zero-order valence-electron chi connectivity index (χ0n) is 17.0. The molecule has 3 aromatic rings. The molecule has 1 saturated heterocycles. The Hall–Kier alpha value is -3.70. The number of carbonyl (C=O) groups excluding carboxylic acids is 1. The number of rotatable bonds is 6. The van der Waals surface area contributed by atoms with E-state index in [9.17, 15) is 9.59 Å². The average Bonchev–Trinajstić information content (AvgIpc) is 3.21. The molecule has 0 saturated carbocycles. The molecule has 31 heavy (non-hydrogen) atoms. The van der Waals surface area contributed by atoms with Crippen molar-refractivity contribution < 1.29 is 9.53 Å². The molecule has 0 radical (unpaired) electrons. The molecule has 1 aromatic carbocycles. The van der Waals surface area contributed by atoms with E-state index in [0.717, 1.165) is 32.5 Å². The van der Waals surface area contributed by atoms with E-state index in [1.54, 1.807) is 42.6 Å². The molecule has 0 spiro atoms. The van der Waals surface area contributed by atoms with E-state index in [2.05, 4.69) is 21.5 Å². The smallest absolute Gasteiger partial charge is 0.280 e. The first-order chi connectivity index (χ1) is 15.2. The number of aromatic amines is 1. The van der Waals surface area contributed by atoms with E-state index in [0.29, 0.717) is 40.5 Å². The van der Waals surface area contributed by atoms with Gasteiger partial charge in [0.05, 0.1) is 22.8 Å². The zero-order chi connectivity index (χ0) is 21.6. The molecule has 2 aromatic heterocycles. The molecule has 1 unspecified atom stereocenters. The van der Waals surface area contributed by atoms with Crippen LogP contribution in [0, 0.1) is 17.2 Å². The van der Waals surface area contributed by atoms with Gasteiger partial charge in [0.15, 0.2) is 5.82 Å². The minimum Gasteiger partial charge on any atom is -0.381 e. The van der Waals surface area contributed by atoms with Gasteiger partial charge >= 0.3 is 0 Å². The molecule has 3 heterocycles. The highest BCUT2D eigenvalue weighted by Crippen LogP contribution is 2.17. The van der Waals surface area contributed by atoms with E-state index in [1.807, 2.05) is 0 Å². The van der Waals surface area contributed by atoms with E-state index >= 15 is 0 Å². The van der Waals surface area contributed by atoms with Crippen LogP contribution < -0.4 is 10.9 Å². The predicted octanol–water partition coefficient (Wildman–Crippen LogP) is 2.65. The fourth-order valence-electron chi connectivity index (χ4n) is 3.65. The summed E-state index contributed by atoms with van der Waals surface area (Å²) in [6, 6.07) is 12.1. The molecule has 1 fully saturated rings. The van der Waals surface area contributed by atoms with Crippen molar-refractivity contribution in [2.75, 3.05) is 19.8 Å². The summed E-state index contributed by atoms with van der Waals surface area (Å²) in [4.78, 5) is 29.4. The highest BCUT2D eigenvalue weighted by molar-refractivity contribution is 5.93. The topological polar surface area (TPSA) is 113 Å². The highest BCUT2D eigenvalue weighted by Gasteiger charge is 2.15. The normalized spacial score (nSPS) is 15.9. The maximum absolute atomic E-state index is 12.8. The van der Waals surface area contributed by atoms with Crippen LogP contribution in [0.25, 0.3) is 16.9 Å². The molecular weight excluding hydrogens is 394 g/mol. The van der Waals surface area contributed by atoms with Crippen LogP contribution in [-0.2, 0) is 4.74 Å². The summed E-state index contributed by atoms with van der Waals surface area (Å²) < 4.78 is 6.78. The number of amides is 1. The quantitative estimate of drug-likeness (QED) is 0.640. The standard InChI is InChI=1S/C23H23N5O3/c24-12-16-3-5-18(6-4-16)20-14-27-28(23(20)30)21-8-7-19(13-26-21)22(29)25-10-9-17-2-1-11-31-15-17/h3-8,13-14,17,27H,1-2,9-11,15H2,(H,25,29). The van der Waals surface area contributed by atoms with Gasteiger partial charge in [0.1, 0.15) is 0 Å². The third-order valence-corrected chi connectivity index (χ3v) is 5.43. The molecule has 8 heteroatoms. The Bertz CT molecular complexity index is 1130. The molecule has 0 aliphatic carbocycles. The summed E-state index contributed by atoms with van der Waals surface area (Å²) in [6.45, 7) is 2.19. The summed E-state index contributed by atoms with van der Waals surface area (Å²) >= 11 is 0. The Kier molecular flexibility index (Phi) is 6.24. The van der Waals surface area contributed by atoms with Crippen LogP contribution in [0.4, 0.5) is 0 Å². The Morgan fingerprint density at radius 3 is 2.81 bits per heavy atom. The minimum atomic E-state index is -0.260. The van der Waals surface area contributed by atoms with E-state index in [1.165, 1.54) is 10.9 Å². The maximum atomic E-state index is 12.8. The van der Waals surface area contributed by atoms with Crippen molar-refractivity contribution in [2.24, 2.45) is 5.92 Å². The van der Waals surface area contributed by atoms with Gasteiger partial charge in [0, 0.05) is 32.2 Å². The number of nitriles is 1. The number of ether oxygens (including phenoxy) is 1. The summed E-state index contributed by atoms with van der Waals surface area (Å²) in [5.74, 6) is 0.702. The van der Waals surface area contributed by atoms with Crippen LogP contribution in [0.15, 0.2) is 53.6 Å². The first-order valence-electron chi connectivity index (χ1n) is 10.3. The van der Waals surface area contributed by atoms with Gasteiger partial charge in [-0.25, -0.2) is 9.67 Å². The van der Waals surface area contributed by atoms with Crippen molar-refractivity contribution in [2.45, 2.75) is 19.3 Å². The van der Waals surface area contributed by atoms with Crippen LogP contribution >= 0.6 is 0 Å². The lowest BCUT2D eigenvalue weighted by atomic mass is 9.99. The van der Waals surface area contributed by atoms with Gasteiger partial charge < -0.3 is 10.1 Å². The molecule has 1 aliphatic rings. The molecule has 1 amide bonds. The van der Waals surface area contributed by atoms with E-state index < -0.39 is 0 Å². The summed E-state index contributed by atoms with van der Waals surface area (Å²) in [5, 5.41) is 14.7. The van der Waals surface area contributed by atoms with Gasteiger partial charge in [-0.15, -0.1) is 0 Å². The molecular formula is C23H23N5O3. The third-order valence-electron chi connectivity index (χ3n) is 5.43. The predicted molar refractivity (Wildman–Crippen MR) is 115 cm³/mol. The number of carbonyl (C=O) groups is 1. The Morgan fingerprint density at radius 2 is 2.13 bits per heavy atom. The van der Waals surface area contributed by atoms with Crippen molar-refractivity contribution in [3.8, 4) is 23.0 Å². The second-order valence-electron chi connectivity index (χ2n) is 7.55. The van der Waals surface area contributed by atoms with Crippen molar-refractivity contribution in [1.82, 2.24) is 20.1 Å². The summed E-state index contributed by atoms with van der Waals surface area (Å²) in [5.41, 5.74) is 1.89. The van der Waals surface area contributed by atoms with Gasteiger partial charge in [-0.2, -0.15) is 5.26 Å². The van der Waals surface area contributed by atoms with Gasteiger partial charge in [-0.05, 0) is 55.0 Å². The molecule has 2 N–H and O–H groups in total. The van der Waals surface area contributed by atoms with Crippen LogP contribution in [0.3, 0.4) is 0 Å². The van der Waals surface area contributed by atoms with Crippen LogP contribution in [0.2, 0.25) is 0 Å².